The van der Waals surface area contributed by atoms with Gasteiger partial charge in [0.1, 0.15) is 6.04 Å². The molecule has 1 saturated heterocycles. The maximum Gasteiger partial charge on any atom is 0.242 e. The minimum atomic E-state index is -0.392. The molecule has 2 amide bonds. The van der Waals surface area contributed by atoms with Crippen LogP contribution >= 0.6 is 0 Å². The molecule has 0 aromatic rings. The molecule has 1 unspecified atom stereocenters. The van der Waals surface area contributed by atoms with Gasteiger partial charge in [-0.1, -0.05) is 12.8 Å². The average molecular weight is 253 g/mol. The first kappa shape index (κ1) is 13.3. The summed E-state index contributed by atoms with van der Waals surface area (Å²) in [7, 11) is 1.62. The van der Waals surface area contributed by atoms with E-state index < -0.39 is 5.41 Å². The number of likely N-dealkylation sites (N-methyl/N-ethyl adjacent to an activating group) is 1. The molecule has 5 nitrogen and oxygen atoms in total. The summed E-state index contributed by atoms with van der Waals surface area (Å²) in [6, 6.07) is -0.286. The number of nitrogens with zero attached hydrogens (tertiary/aromatic N) is 1. The maximum atomic E-state index is 12.7. The van der Waals surface area contributed by atoms with Gasteiger partial charge >= 0.3 is 0 Å². The van der Waals surface area contributed by atoms with Crippen LogP contribution in [0.3, 0.4) is 0 Å². The van der Waals surface area contributed by atoms with E-state index in [9.17, 15) is 9.59 Å². The van der Waals surface area contributed by atoms with E-state index in [-0.39, 0.29) is 17.9 Å². The highest BCUT2D eigenvalue weighted by molar-refractivity contribution is 5.90. The van der Waals surface area contributed by atoms with Gasteiger partial charge in [0.25, 0.3) is 0 Å². The molecule has 0 spiro atoms. The SMILES string of the molecule is CNC(=O)C1CCCN1C(=O)C1(CN)CCCC1. The molecule has 0 aromatic heterocycles. The van der Waals surface area contributed by atoms with Crippen LogP contribution in [0.2, 0.25) is 0 Å². The Balaban J connectivity index is 2.14. The zero-order valence-electron chi connectivity index (χ0n) is 11.1. The van der Waals surface area contributed by atoms with E-state index in [4.69, 9.17) is 5.73 Å². The third-order valence-electron chi connectivity index (χ3n) is 4.47. The Labute approximate surface area is 108 Å². The van der Waals surface area contributed by atoms with Gasteiger partial charge in [-0.2, -0.15) is 0 Å². The lowest BCUT2D eigenvalue weighted by Gasteiger charge is -2.33. The van der Waals surface area contributed by atoms with Gasteiger partial charge in [-0.25, -0.2) is 0 Å². The molecule has 0 aromatic carbocycles. The Morgan fingerprint density at radius 3 is 2.56 bits per heavy atom. The van der Waals surface area contributed by atoms with Crippen molar-refractivity contribution in [3.8, 4) is 0 Å². The van der Waals surface area contributed by atoms with Crippen molar-refractivity contribution in [3.63, 3.8) is 0 Å². The highest BCUT2D eigenvalue weighted by Gasteiger charge is 2.46. The van der Waals surface area contributed by atoms with Crippen molar-refractivity contribution in [1.82, 2.24) is 10.2 Å². The molecule has 3 N–H and O–H groups in total. The Kier molecular flexibility index (Phi) is 3.90. The van der Waals surface area contributed by atoms with Gasteiger partial charge in [0.2, 0.25) is 11.8 Å². The van der Waals surface area contributed by atoms with Crippen LogP contribution in [0, 0.1) is 5.41 Å². The molecule has 2 aliphatic rings. The largest absolute Gasteiger partial charge is 0.357 e. The van der Waals surface area contributed by atoms with Crippen molar-refractivity contribution in [2.45, 2.75) is 44.6 Å². The predicted molar refractivity (Wildman–Crippen MR) is 68.8 cm³/mol. The van der Waals surface area contributed by atoms with Crippen LogP contribution in [0.25, 0.3) is 0 Å². The molecule has 18 heavy (non-hydrogen) atoms. The van der Waals surface area contributed by atoms with E-state index in [2.05, 4.69) is 5.32 Å². The summed E-state index contributed by atoms with van der Waals surface area (Å²) in [5.41, 5.74) is 5.45. The summed E-state index contributed by atoms with van der Waals surface area (Å²) in [5.74, 6) is 0.0552. The van der Waals surface area contributed by atoms with E-state index in [1.54, 1.807) is 11.9 Å². The predicted octanol–water partition coefficient (Wildman–Crippen LogP) is 0.242. The van der Waals surface area contributed by atoms with Crippen molar-refractivity contribution in [2.75, 3.05) is 20.1 Å². The van der Waals surface area contributed by atoms with Gasteiger partial charge in [-0.15, -0.1) is 0 Å². The maximum absolute atomic E-state index is 12.7. The first-order valence-corrected chi connectivity index (χ1v) is 6.87. The monoisotopic (exact) mass is 253 g/mol. The van der Waals surface area contributed by atoms with E-state index in [1.807, 2.05) is 0 Å². The molecular weight excluding hydrogens is 230 g/mol. The third kappa shape index (κ3) is 2.11. The van der Waals surface area contributed by atoms with Gasteiger partial charge in [-0.3, -0.25) is 9.59 Å². The fraction of sp³-hybridized carbons (Fsp3) is 0.846. The second-order valence-corrected chi connectivity index (χ2v) is 5.46. The van der Waals surface area contributed by atoms with Crippen LogP contribution in [0.4, 0.5) is 0 Å². The van der Waals surface area contributed by atoms with Gasteiger partial charge in [-0.05, 0) is 25.7 Å². The lowest BCUT2D eigenvalue weighted by molar-refractivity contribution is -0.146. The highest BCUT2D eigenvalue weighted by atomic mass is 16.2. The molecule has 2 rings (SSSR count). The van der Waals surface area contributed by atoms with Gasteiger partial charge < -0.3 is 16.0 Å². The van der Waals surface area contributed by atoms with Crippen molar-refractivity contribution in [2.24, 2.45) is 11.1 Å². The second kappa shape index (κ2) is 5.26. The summed E-state index contributed by atoms with van der Waals surface area (Å²) >= 11 is 0. The lowest BCUT2D eigenvalue weighted by Crippen LogP contribution is -2.52. The number of nitrogens with two attached hydrogens (primary N) is 1. The zero-order valence-corrected chi connectivity index (χ0v) is 11.1. The number of amides is 2. The number of carbonyl (C=O) groups excluding carboxylic acids is 2. The molecule has 1 aliphatic carbocycles. The van der Waals surface area contributed by atoms with Crippen molar-refractivity contribution < 1.29 is 9.59 Å². The number of carbonyl (C=O) groups is 2. The van der Waals surface area contributed by atoms with Crippen LogP contribution in [-0.2, 0) is 9.59 Å². The molecular formula is C13H23N3O2. The van der Waals surface area contributed by atoms with Crippen molar-refractivity contribution >= 4 is 11.8 Å². The van der Waals surface area contributed by atoms with Crippen LogP contribution in [0.1, 0.15) is 38.5 Å². The topological polar surface area (TPSA) is 75.4 Å². The zero-order chi connectivity index (χ0) is 13.2. The standard InChI is InChI=1S/C13H23N3O2/c1-15-11(17)10-5-4-8-16(10)12(18)13(9-14)6-2-3-7-13/h10H,2-9,14H2,1H3,(H,15,17). The van der Waals surface area contributed by atoms with Crippen LogP contribution < -0.4 is 11.1 Å². The minimum Gasteiger partial charge on any atom is -0.357 e. The van der Waals surface area contributed by atoms with E-state index in [0.29, 0.717) is 13.1 Å². The highest BCUT2D eigenvalue weighted by Crippen LogP contribution is 2.40. The molecule has 0 bridgehead atoms. The average Bonchev–Trinajstić information content (AvgIpc) is 3.06. The van der Waals surface area contributed by atoms with Gasteiger partial charge in [0.15, 0.2) is 0 Å². The van der Waals surface area contributed by atoms with E-state index in [0.717, 1.165) is 38.5 Å². The van der Waals surface area contributed by atoms with Crippen molar-refractivity contribution in [3.05, 3.63) is 0 Å². The molecule has 2 fully saturated rings. The second-order valence-electron chi connectivity index (χ2n) is 5.46. The summed E-state index contributed by atoms with van der Waals surface area (Å²) in [6.45, 7) is 1.10. The number of nitrogens with one attached hydrogen (secondary N) is 1. The van der Waals surface area contributed by atoms with E-state index in [1.165, 1.54) is 0 Å². The number of hydrogen-bond donors (Lipinski definition) is 2. The summed E-state index contributed by atoms with van der Waals surface area (Å²) in [6.07, 6.45) is 5.57. The Morgan fingerprint density at radius 1 is 1.33 bits per heavy atom. The molecule has 1 atom stereocenters. The minimum absolute atomic E-state index is 0.0500. The fourth-order valence-electron chi connectivity index (χ4n) is 3.31. The Hall–Kier alpha value is -1.10. The third-order valence-corrected chi connectivity index (χ3v) is 4.47. The first-order chi connectivity index (χ1) is 8.64. The van der Waals surface area contributed by atoms with Gasteiger partial charge in [0, 0.05) is 20.1 Å². The Bertz CT molecular complexity index is 337. The first-order valence-electron chi connectivity index (χ1n) is 6.87. The normalized spacial score (nSPS) is 26.3. The molecule has 0 radical (unpaired) electrons. The van der Waals surface area contributed by atoms with Crippen molar-refractivity contribution in [1.29, 1.82) is 0 Å². The number of likely N-dealkylation sites (tertiary alicyclic amines) is 1. The summed E-state index contributed by atoms with van der Waals surface area (Å²) < 4.78 is 0. The van der Waals surface area contributed by atoms with Crippen LogP contribution in [0.15, 0.2) is 0 Å². The van der Waals surface area contributed by atoms with Crippen LogP contribution in [-0.4, -0.2) is 42.9 Å². The Morgan fingerprint density at radius 2 is 2.00 bits per heavy atom. The molecule has 102 valence electrons. The lowest BCUT2D eigenvalue weighted by atomic mass is 9.84. The number of rotatable bonds is 3. The molecule has 1 aliphatic heterocycles. The summed E-state index contributed by atoms with van der Waals surface area (Å²) in [5, 5.41) is 2.65. The number of hydrogen-bond acceptors (Lipinski definition) is 3. The molecule has 1 heterocycles. The van der Waals surface area contributed by atoms with E-state index >= 15 is 0 Å². The van der Waals surface area contributed by atoms with Gasteiger partial charge in [0.05, 0.1) is 5.41 Å². The molecule has 5 heteroatoms. The molecule has 1 saturated carbocycles. The summed E-state index contributed by atoms with van der Waals surface area (Å²) in [4.78, 5) is 26.3. The fourth-order valence-corrected chi connectivity index (χ4v) is 3.31. The van der Waals surface area contributed by atoms with Crippen LogP contribution in [0.5, 0.6) is 0 Å². The quantitative estimate of drug-likeness (QED) is 0.756. The smallest absolute Gasteiger partial charge is 0.242 e.